The van der Waals surface area contributed by atoms with Crippen LogP contribution in [0.3, 0.4) is 0 Å². The number of likely N-dealkylation sites (tertiary alicyclic amines) is 1. The molecule has 1 fully saturated rings. The van der Waals surface area contributed by atoms with Crippen molar-refractivity contribution in [1.29, 1.82) is 0 Å². The molecule has 1 aliphatic rings. The average molecular weight is 384 g/mol. The first-order valence-corrected chi connectivity index (χ1v) is 9.48. The van der Waals surface area contributed by atoms with Gasteiger partial charge in [-0.3, -0.25) is 14.5 Å². The van der Waals surface area contributed by atoms with Gasteiger partial charge in [0.25, 0.3) is 5.91 Å². The molecule has 28 heavy (non-hydrogen) atoms. The number of amides is 1. The highest BCUT2D eigenvalue weighted by molar-refractivity contribution is 5.97. The third-order valence-electron chi connectivity index (χ3n) is 5.12. The SMILES string of the molecule is COc1cccc(C(=O)NCC2CCN(CC(=O)c3ccc(F)cc3)CC2)c1. The van der Waals surface area contributed by atoms with Gasteiger partial charge >= 0.3 is 0 Å². The third kappa shape index (κ3) is 5.39. The van der Waals surface area contributed by atoms with Crippen LogP contribution in [0, 0.1) is 11.7 Å². The van der Waals surface area contributed by atoms with E-state index in [-0.39, 0.29) is 17.5 Å². The average Bonchev–Trinajstić information content (AvgIpc) is 2.73. The quantitative estimate of drug-likeness (QED) is 0.745. The number of benzene rings is 2. The zero-order valence-corrected chi connectivity index (χ0v) is 16.0. The van der Waals surface area contributed by atoms with Crippen LogP contribution in [0.1, 0.15) is 33.6 Å². The summed E-state index contributed by atoms with van der Waals surface area (Å²) in [5, 5.41) is 2.99. The van der Waals surface area contributed by atoms with Crippen molar-refractivity contribution in [3.05, 3.63) is 65.5 Å². The molecule has 0 spiro atoms. The van der Waals surface area contributed by atoms with Gasteiger partial charge in [-0.05, 0) is 74.3 Å². The number of halogens is 1. The predicted octanol–water partition coefficient (Wildman–Crippen LogP) is 3.16. The van der Waals surface area contributed by atoms with E-state index >= 15 is 0 Å². The second-order valence-corrected chi connectivity index (χ2v) is 7.09. The largest absolute Gasteiger partial charge is 0.497 e. The van der Waals surface area contributed by atoms with Gasteiger partial charge in [-0.15, -0.1) is 0 Å². The number of carbonyl (C=O) groups is 2. The second kappa shape index (κ2) is 9.46. The van der Waals surface area contributed by atoms with E-state index in [1.54, 1.807) is 31.4 Å². The molecule has 1 saturated heterocycles. The van der Waals surface area contributed by atoms with Crippen molar-refractivity contribution in [3.63, 3.8) is 0 Å². The van der Waals surface area contributed by atoms with Crippen LogP contribution in [0.4, 0.5) is 4.39 Å². The van der Waals surface area contributed by atoms with E-state index in [9.17, 15) is 14.0 Å². The van der Waals surface area contributed by atoms with Gasteiger partial charge < -0.3 is 10.1 Å². The van der Waals surface area contributed by atoms with Gasteiger partial charge in [-0.1, -0.05) is 6.07 Å². The fourth-order valence-electron chi connectivity index (χ4n) is 3.38. The smallest absolute Gasteiger partial charge is 0.251 e. The number of piperidine rings is 1. The predicted molar refractivity (Wildman–Crippen MR) is 105 cm³/mol. The molecule has 3 rings (SSSR count). The van der Waals surface area contributed by atoms with Crippen LogP contribution in [0.25, 0.3) is 0 Å². The Balaban J connectivity index is 1.42. The van der Waals surface area contributed by atoms with Crippen molar-refractivity contribution in [3.8, 4) is 5.75 Å². The maximum absolute atomic E-state index is 13.0. The normalized spacial score (nSPS) is 15.2. The first kappa shape index (κ1) is 20.0. The second-order valence-electron chi connectivity index (χ2n) is 7.09. The van der Waals surface area contributed by atoms with Crippen LogP contribution in [0.2, 0.25) is 0 Å². The van der Waals surface area contributed by atoms with E-state index in [4.69, 9.17) is 4.74 Å². The van der Waals surface area contributed by atoms with Crippen LogP contribution in [0.5, 0.6) is 5.75 Å². The summed E-state index contributed by atoms with van der Waals surface area (Å²) in [7, 11) is 1.58. The summed E-state index contributed by atoms with van der Waals surface area (Å²) in [6, 6.07) is 12.8. The van der Waals surface area contributed by atoms with E-state index in [1.807, 2.05) is 0 Å². The van der Waals surface area contributed by atoms with E-state index in [2.05, 4.69) is 10.2 Å². The molecule has 0 aromatic heterocycles. The lowest BCUT2D eigenvalue weighted by Gasteiger charge is -2.31. The van der Waals surface area contributed by atoms with E-state index in [1.165, 1.54) is 24.3 Å². The van der Waals surface area contributed by atoms with Crippen molar-refractivity contribution in [2.75, 3.05) is 33.3 Å². The Hall–Kier alpha value is -2.73. The fraction of sp³-hybridized carbons (Fsp3) is 0.364. The Morgan fingerprint density at radius 1 is 1.11 bits per heavy atom. The Morgan fingerprint density at radius 3 is 2.50 bits per heavy atom. The Kier molecular flexibility index (Phi) is 6.76. The fourth-order valence-corrected chi connectivity index (χ4v) is 3.38. The van der Waals surface area contributed by atoms with Gasteiger partial charge in [0.1, 0.15) is 11.6 Å². The Morgan fingerprint density at radius 2 is 1.82 bits per heavy atom. The molecule has 0 bridgehead atoms. The molecule has 0 unspecified atom stereocenters. The molecule has 0 radical (unpaired) electrons. The summed E-state index contributed by atoms with van der Waals surface area (Å²) < 4.78 is 18.1. The standard InChI is InChI=1S/C22H25FN2O3/c1-28-20-4-2-3-18(13-20)22(27)24-14-16-9-11-25(12-10-16)15-21(26)17-5-7-19(23)8-6-17/h2-8,13,16H,9-12,14-15H2,1H3,(H,24,27). The number of methoxy groups -OCH3 is 1. The minimum absolute atomic E-state index is 0.00442. The summed E-state index contributed by atoms with van der Waals surface area (Å²) in [5.74, 6) is 0.615. The number of rotatable bonds is 7. The molecule has 1 amide bonds. The van der Waals surface area contributed by atoms with E-state index in [0.717, 1.165) is 25.9 Å². The maximum Gasteiger partial charge on any atom is 0.251 e. The molecule has 1 N–H and O–H groups in total. The number of nitrogens with zero attached hydrogens (tertiary/aromatic N) is 1. The number of hydrogen-bond donors (Lipinski definition) is 1. The van der Waals surface area contributed by atoms with Gasteiger partial charge in [-0.25, -0.2) is 4.39 Å². The lowest BCUT2D eigenvalue weighted by atomic mass is 9.96. The molecule has 2 aromatic carbocycles. The molecular formula is C22H25FN2O3. The highest BCUT2D eigenvalue weighted by Gasteiger charge is 2.22. The minimum Gasteiger partial charge on any atom is -0.497 e. The van der Waals surface area contributed by atoms with Crippen molar-refractivity contribution in [2.45, 2.75) is 12.8 Å². The van der Waals surface area contributed by atoms with E-state index in [0.29, 0.717) is 35.9 Å². The highest BCUT2D eigenvalue weighted by Crippen LogP contribution is 2.18. The maximum atomic E-state index is 13.0. The monoisotopic (exact) mass is 384 g/mol. The zero-order chi connectivity index (χ0) is 19.9. The van der Waals surface area contributed by atoms with Crippen molar-refractivity contribution in [1.82, 2.24) is 10.2 Å². The number of ketones is 1. The highest BCUT2D eigenvalue weighted by atomic mass is 19.1. The number of nitrogens with one attached hydrogen (secondary N) is 1. The molecule has 1 aliphatic heterocycles. The molecule has 1 heterocycles. The van der Waals surface area contributed by atoms with Crippen molar-refractivity contribution in [2.24, 2.45) is 5.92 Å². The molecule has 0 aliphatic carbocycles. The van der Waals surface area contributed by atoms with Crippen LogP contribution >= 0.6 is 0 Å². The van der Waals surface area contributed by atoms with Crippen molar-refractivity contribution < 1.29 is 18.7 Å². The van der Waals surface area contributed by atoms with Gasteiger partial charge in [0.15, 0.2) is 5.78 Å². The number of carbonyl (C=O) groups excluding carboxylic acids is 2. The Bertz CT molecular complexity index is 815. The first-order chi connectivity index (χ1) is 13.5. The minimum atomic E-state index is -0.339. The van der Waals surface area contributed by atoms with Crippen LogP contribution in [0.15, 0.2) is 48.5 Å². The molecule has 2 aromatic rings. The van der Waals surface area contributed by atoms with Gasteiger partial charge in [0.05, 0.1) is 13.7 Å². The van der Waals surface area contributed by atoms with Crippen LogP contribution in [-0.2, 0) is 0 Å². The summed E-state index contributed by atoms with van der Waals surface area (Å²) in [4.78, 5) is 26.7. The van der Waals surface area contributed by atoms with Gasteiger partial charge in [0, 0.05) is 17.7 Å². The third-order valence-corrected chi connectivity index (χ3v) is 5.12. The Labute approximate surface area is 164 Å². The summed E-state index contributed by atoms with van der Waals surface area (Å²) >= 11 is 0. The lowest BCUT2D eigenvalue weighted by molar-refractivity contribution is 0.0887. The molecular weight excluding hydrogens is 359 g/mol. The molecule has 5 nitrogen and oxygen atoms in total. The van der Waals surface area contributed by atoms with Crippen LogP contribution in [-0.4, -0.2) is 49.9 Å². The lowest BCUT2D eigenvalue weighted by Crippen LogP contribution is -2.40. The first-order valence-electron chi connectivity index (χ1n) is 9.48. The van der Waals surface area contributed by atoms with Gasteiger partial charge in [0.2, 0.25) is 0 Å². The molecule has 148 valence electrons. The summed E-state index contributed by atoms with van der Waals surface area (Å²) in [6.07, 6.45) is 1.85. The van der Waals surface area contributed by atoms with Crippen molar-refractivity contribution >= 4 is 11.7 Å². The van der Waals surface area contributed by atoms with Gasteiger partial charge in [-0.2, -0.15) is 0 Å². The number of Topliss-reactive ketones (excluding diaryl/α,β-unsaturated/α-hetero) is 1. The molecule has 6 heteroatoms. The van der Waals surface area contributed by atoms with E-state index < -0.39 is 0 Å². The zero-order valence-electron chi connectivity index (χ0n) is 16.0. The molecule has 0 atom stereocenters. The topological polar surface area (TPSA) is 58.6 Å². The number of ether oxygens (including phenoxy) is 1. The summed E-state index contributed by atoms with van der Waals surface area (Å²) in [6.45, 7) is 2.59. The number of hydrogen-bond acceptors (Lipinski definition) is 4. The summed E-state index contributed by atoms with van der Waals surface area (Å²) in [5.41, 5.74) is 1.12. The molecule has 0 saturated carbocycles. The van der Waals surface area contributed by atoms with Crippen LogP contribution < -0.4 is 10.1 Å².